The number of ether oxygens (including phenoxy) is 1. The Labute approximate surface area is 127 Å². The number of hydrogen-bond acceptors (Lipinski definition) is 3. The Morgan fingerprint density at radius 1 is 1.10 bits per heavy atom. The molecule has 0 bridgehead atoms. The van der Waals surface area contributed by atoms with Gasteiger partial charge in [0.15, 0.2) is 0 Å². The molecular weight excluding hydrogens is 260 g/mol. The van der Waals surface area contributed by atoms with Gasteiger partial charge in [-0.25, -0.2) is 0 Å². The lowest BCUT2D eigenvalue weighted by atomic mass is 9.99. The molecule has 3 heteroatoms. The third-order valence-electron chi connectivity index (χ3n) is 3.50. The highest BCUT2D eigenvalue weighted by atomic mass is 16.5. The van der Waals surface area contributed by atoms with Crippen LogP contribution in [0.5, 0.6) is 5.75 Å². The van der Waals surface area contributed by atoms with Gasteiger partial charge in [-0.05, 0) is 42.5 Å². The van der Waals surface area contributed by atoms with E-state index in [1.54, 1.807) is 0 Å². The predicted molar refractivity (Wildman–Crippen MR) is 87.1 cm³/mol. The van der Waals surface area contributed by atoms with Gasteiger partial charge in [-0.3, -0.25) is 11.3 Å². The van der Waals surface area contributed by atoms with Gasteiger partial charge >= 0.3 is 0 Å². The second kappa shape index (κ2) is 8.45. The zero-order valence-electron chi connectivity index (χ0n) is 12.6. The van der Waals surface area contributed by atoms with Crippen LogP contribution in [-0.4, -0.2) is 6.61 Å². The monoisotopic (exact) mass is 284 g/mol. The fourth-order valence-electron chi connectivity index (χ4n) is 2.34. The molecule has 21 heavy (non-hydrogen) atoms. The molecule has 0 spiro atoms. The highest BCUT2D eigenvalue weighted by Gasteiger charge is 2.10. The number of nitrogens with two attached hydrogens (primary N) is 1. The van der Waals surface area contributed by atoms with Gasteiger partial charge in [0.05, 0.1) is 6.61 Å². The SMILES string of the molecule is CCCOc1cccc(C(CCc2ccccc2)NN)c1. The Kier molecular flexibility index (Phi) is 6.25. The van der Waals surface area contributed by atoms with E-state index in [4.69, 9.17) is 10.6 Å². The smallest absolute Gasteiger partial charge is 0.119 e. The fourth-order valence-corrected chi connectivity index (χ4v) is 2.34. The molecule has 2 aromatic rings. The van der Waals surface area contributed by atoms with Crippen molar-refractivity contribution in [2.45, 2.75) is 32.2 Å². The molecule has 0 saturated heterocycles. The van der Waals surface area contributed by atoms with Crippen LogP contribution in [0.15, 0.2) is 54.6 Å². The van der Waals surface area contributed by atoms with Crippen molar-refractivity contribution in [3.05, 3.63) is 65.7 Å². The molecule has 0 heterocycles. The zero-order chi connectivity index (χ0) is 14.9. The first kappa shape index (κ1) is 15.5. The predicted octanol–water partition coefficient (Wildman–Crippen LogP) is 3.61. The maximum Gasteiger partial charge on any atom is 0.119 e. The highest BCUT2D eigenvalue weighted by Crippen LogP contribution is 2.22. The fraction of sp³-hybridized carbons (Fsp3) is 0.333. The quantitative estimate of drug-likeness (QED) is 0.575. The Morgan fingerprint density at radius 2 is 1.90 bits per heavy atom. The minimum Gasteiger partial charge on any atom is -0.494 e. The second-order valence-electron chi connectivity index (χ2n) is 5.16. The molecule has 0 aromatic heterocycles. The van der Waals surface area contributed by atoms with Gasteiger partial charge in [0.25, 0.3) is 0 Å². The van der Waals surface area contributed by atoms with Crippen LogP contribution < -0.4 is 16.0 Å². The molecule has 0 aliphatic rings. The van der Waals surface area contributed by atoms with E-state index in [0.717, 1.165) is 31.6 Å². The van der Waals surface area contributed by atoms with Crippen molar-refractivity contribution in [1.82, 2.24) is 5.43 Å². The second-order valence-corrected chi connectivity index (χ2v) is 5.16. The maximum atomic E-state index is 5.73. The summed E-state index contributed by atoms with van der Waals surface area (Å²) in [4.78, 5) is 0. The molecule has 0 aliphatic carbocycles. The Morgan fingerprint density at radius 3 is 2.62 bits per heavy atom. The van der Waals surface area contributed by atoms with Crippen molar-refractivity contribution < 1.29 is 4.74 Å². The van der Waals surface area contributed by atoms with E-state index in [0.29, 0.717) is 0 Å². The number of aryl methyl sites for hydroxylation is 1. The molecule has 2 rings (SSSR count). The summed E-state index contributed by atoms with van der Waals surface area (Å²) in [6.07, 6.45) is 2.96. The van der Waals surface area contributed by atoms with Crippen LogP contribution >= 0.6 is 0 Å². The van der Waals surface area contributed by atoms with Crippen LogP contribution in [0.25, 0.3) is 0 Å². The van der Waals surface area contributed by atoms with Crippen LogP contribution in [0.2, 0.25) is 0 Å². The first-order valence-corrected chi connectivity index (χ1v) is 7.56. The normalized spacial score (nSPS) is 12.1. The van der Waals surface area contributed by atoms with Crippen molar-refractivity contribution in [3.63, 3.8) is 0 Å². The molecule has 0 aliphatic heterocycles. The van der Waals surface area contributed by atoms with Gasteiger partial charge in [0, 0.05) is 6.04 Å². The van der Waals surface area contributed by atoms with Crippen LogP contribution in [0.1, 0.15) is 36.9 Å². The van der Waals surface area contributed by atoms with Gasteiger partial charge in [0.2, 0.25) is 0 Å². The van der Waals surface area contributed by atoms with Gasteiger partial charge in [-0.1, -0.05) is 49.4 Å². The first-order chi connectivity index (χ1) is 10.3. The van der Waals surface area contributed by atoms with Crippen LogP contribution in [-0.2, 0) is 6.42 Å². The lowest BCUT2D eigenvalue weighted by molar-refractivity contribution is 0.316. The summed E-state index contributed by atoms with van der Waals surface area (Å²) in [5, 5.41) is 0. The molecule has 3 N–H and O–H groups in total. The van der Waals surface area contributed by atoms with Crippen molar-refractivity contribution in [1.29, 1.82) is 0 Å². The third-order valence-corrected chi connectivity index (χ3v) is 3.50. The average molecular weight is 284 g/mol. The molecule has 3 nitrogen and oxygen atoms in total. The largest absolute Gasteiger partial charge is 0.494 e. The molecule has 0 saturated carbocycles. The molecule has 0 amide bonds. The summed E-state index contributed by atoms with van der Waals surface area (Å²) in [7, 11) is 0. The summed E-state index contributed by atoms with van der Waals surface area (Å²) in [5.74, 6) is 6.64. The lowest BCUT2D eigenvalue weighted by Crippen LogP contribution is -2.28. The molecule has 1 unspecified atom stereocenters. The number of hydrazine groups is 1. The van der Waals surface area contributed by atoms with Crippen LogP contribution in [0, 0.1) is 0 Å². The topological polar surface area (TPSA) is 47.3 Å². The van der Waals surface area contributed by atoms with Gasteiger partial charge in [-0.15, -0.1) is 0 Å². The Bertz CT molecular complexity index is 528. The summed E-state index contributed by atoms with van der Waals surface area (Å²) in [5.41, 5.74) is 5.41. The molecular formula is C18H24N2O. The summed E-state index contributed by atoms with van der Waals surface area (Å²) < 4.78 is 5.68. The van der Waals surface area contributed by atoms with E-state index < -0.39 is 0 Å². The van der Waals surface area contributed by atoms with E-state index in [1.165, 1.54) is 11.1 Å². The number of nitrogens with one attached hydrogen (secondary N) is 1. The van der Waals surface area contributed by atoms with Crippen molar-refractivity contribution in [3.8, 4) is 5.75 Å². The van der Waals surface area contributed by atoms with E-state index in [-0.39, 0.29) is 6.04 Å². The summed E-state index contributed by atoms with van der Waals surface area (Å²) in [6, 6.07) is 18.8. The number of hydrogen-bond donors (Lipinski definition) is 2. The first-order valence-electron chi connectivity index (χ1n) is 7.56. The third kappa shape index (κ3) is 4.88. The molecule has 112 valence electrons. The highest BCUT2D eigenvalue weighted by molar-refractivity contribution is 5.30. The molecule has 0 radical (unpaired) electrons. The zero-order valence-corrected chi connectivity index (χ0v) is 12.6. The number of rotatable bonds is 8. The average Bonchev–Trinajstić information content (AvgIpc) is 2.55. The van der Waals surface area contributed by atoms with Crippen LogP contribution in [0.4, 0.5) is 0 Å². The van der Waals surface area contributed by atoms with E-state index >= 15 is 0 Å². The Hall–Kier alpha value is -1.84. The minimum atomic E-state index is 0.135. The molecule has 0 fully saturated rings. The standard InChI is InChI=1S/C18H24N2O/c1-2-13-21-17-10-6-9-16(14-17)18(20-19)12-11-15-7-4-3-5-8-15/h3-10,14,18,20H,2,11-13,19H2,1H3. The van der Waals surface area contributed by atoms with E-state index in [2.05, 4.69) is 48.7 Å². The van der Waals surface area contributed by atoms with Crippen LogP contribution in [0.3, 0.4) is 0 Å². The van der Waals surface area contributed by atoms with E-state index in [1.807, 2.05) is 18.2 Å². The van der Waals surface area contributed by atoms with E-state index in [9.17, 15) is 0 Å². The summed E-state index contributed by atoms with van der Waals surface area (Å²) >= 11 is 0. The summed E-state index contributed by atoms with van der Waals surface area (Å²) in [6.45, 7) is 2.85. The van der Waals surface area contributed by atoms with Gasteiger partial charge < -0.3 is 4.74 Å². The van der Waals surface area contributed by atoms with Crippen molar-refractivity contribution in [2.75, 3.05) is 6.61 Å². The number of benzene rings is 2. The van der Waals surface area contributed by atoms with Crippen molar-refractivity contribution >= 4 is 0 Å². The van der Waals surface area contributed by atoms with Gasteiger partial charge in [-0.2, -0.15) is 0 Å². The maximum absolute atomic E-state index is 5.73. The molecule has 1 atom stereocenters. The van der Waals surface area contributed by atoms with Crippen molar-refractivity contribution in [2.24, 2.45) is 5.84 Å². The van der Waals surface area contributed by atoms with Gasteiger partial charge in [0.1, 0.15) is 5.75 Å². The lowest BCUT2D eigenvalue weighted by Gasteiger charge is -2.17. The molecule has 2 aromatic carbocycles. The minimum absolute atomic E-state index is 0.135. The Balaban J connectivity index is 1.99.